The second-order valence-electron chi connectivity index (χ2n) is 8.52. The molecule has 0 unspecified atom stereocenters. The number of hydrogen-bond donors (Lipinski definition) is 0. The molecular weight excluding hydrogens is 314 g/mol. The third-order valence-electron chi connectivity index (χ3n) is 6.66. The van der Waals surface area contributed by atoms with Gasteiger partial charge in [-0.25, -0.2) is 9.97 Å². The van der Waals surface area contributed by atoms with Crippen LogP contribution in [0.25, 0.3) is 11.0 Å². The van der Waals surface area contributed by atoms with Crippen LogP contribution in [0.3, 0.4) is 0 Å². The summed E-state index contributed by atoms with van der Waals surface area (Å²) in [6, 6.07) is 0. The zero-order valence-corrected chi connectivity index (χ0v) is 17.0. The first-order chi connectivity index (χ1) is 11.5. The molecule has 3 rings (SSSR count). The van der Waals surface area contributed by atoms with Gasteiger partial charge in [-0.15, -0.1) is 0 Å². The van der Waals surface area contributed by atoms with E-state index in [1.807, 2.05) is 6.92 Å². The van der Waals surface area contributed by atoms with Crippen LogP contribution < -0.4 is 0 Å². The minimum atomic E-state index is -0.0536. The standard InChI is InChI=1S/C20H31N3O2/c1-11-17-16(22-13(3)21-11)15(12(2)23(17)8)18-20(6,7)19(4,5)14(25-18)10-24-9/h14,18H,10H2,1-9H3/t14-,18+/m1/s1. The molecule has 0 saturated carbocycles. The van der Waals surface area contributed by atoms with Crippen LogP contribution in [0, 0.1) is 31.6 Å². The number of aryl methyl sites for hydroxylation is 3. The van der Waals surface area contributed by atoms with Crippen molar-refractivity contribution in [2.24, 2.45) is 17.9 Å². The van der Waals surface area contributed by atoms with Crippen LogP contribution in [-0.2, 0) is 16.5 Å². The Labute approximate surface area is 150 Å². The van der Waals surface area contributed by atoms with E-state index in [1.54, 1.807) is 7.11 Å². The molecule has 1 fully saturated rings. The van der Waals surface area contributed by atoms with Crippen molar-refractivity contribution in [1.29, 1.82) is 0 Å². The zero-order valence-electron chi connectivity index (χ0n) is 17.0. The highest BCUT2D eigenvalue weighted by Gasteiger charge is 2.57. The van der Waals surface area contributed by atoms with Crippen molar-refractivity contribution < 1.29 is 9.47 Å². The minimum Gasteiger partial charge on any atom is -0.382 e. The average Bonchev–Trinajstić information content (AvgIpc) is 2.83. The lowest BCUT2D eigenvalue weighted by atomic mass is 9.63. The molecule has 3 heterocycles. The van der Waals surface area contributed by atoms with Crippen molar-refractivity contribution >= 4 is 11.0 Å². The number of hydrogen-bond acceptors (Lipinski definition) is 4. The van der Waals surface area contributed by atoms with Crippen LogP contribution in [0.1, 0.15) is 56.6 Å². The summed E-state index contributed by atoms with van der Waals surface area (Å²) in [5, 5.41) is 0. The van der Waals surface area contributed by atoms with E-state index in [2.05, 4.69) is 58.1 Å². The summed E-state index contributed by atoms with van der Waals surface area (Å²) in [5.41, 5.74) is 5.47. The number of methoxy groups -OCH3 is 1. The molecule has 0 N–H and O–H groups in total. The van der Waals surface area contributed by atoms with Gasteiger partial charge in [-0.1, -0.05) is 27.7 Å². The van der Waals surface area contributed by atoms with E-state index >= 15 is 0 Å². The van der Waals surface area contributed by atoms with Gasteiger partial charge in [-0.3, -0.25) is 0 Å². The van der Waals surface area contributed by atoms with Crippen molar-refractivity contribution in [3.8, 4) is 0 Å². The highest BCUT2D eigenvalue weighted by molar-refractivity contribution is 5.84. The monoisotopic (exact) mass is 345 g/mol. The van der Waals surface area contributed by atoms with E-state index < -0.39 is 0 Å². The van der Waals surface area contributed by atoms with E-state index in [0.29, 0.717) is 6.61 Å². The number of fused-ring (bicyclic) bond motifs is 1. The van der Waals surface area contributed by atoms with Gasteiger partial charge < -0.3 is 14.0 Å². The Kier molecular flexibility index (Phi) is 4.24. The van der Waals surface area contributed by atoms with Gasteiger partial charge in [0.05, 0.1) is 35.5 Å². The molecule has 0 amide bonds. The summed E-state index contributed by atoms with van der Waals surface area (Å²) in [6.07, 6.45) is 0.0243. The predicted molar refractivity (Wildman–Crippen MR) is 99.8 cm³/mol. The second-order valence-corrected chi connectivity index (χ2v) is 8.52. The fourth-order valence-corrected chi connectivity index (χ4v) is 4.21. The maximum absolute atomic E-state index is 6.60. The van der Waals surface area contributed by atoms with E-state index in [-0.39, 0.29) is 23.0 Å². The largest absolute Gasteiger partial charge is 0.382 e. The molecule has 1 aliphatic rings. The molecular formula is C20H31N3O2. The smallest absolute Gasteiger partial charge is 0.126 e. The molecule has 0 radical (unpaired) electrons. The van der Waals surface area contributed by atoms with E-state index in [4.69, 9.17) is 14.5 Å². The molecule has 0 spiro atoms. The first-order valence-corrected chi connectivity index (χ1v) is 8.98. The fourth-order valence-electron chi connectivity index (χ4n) is 4.21. The maximum atomic E-state index is 6.60. The van der Waals surface area contributed by atoms with Gasteiger partial charge in [0.25, 0.3) is 0 Å². The zero-order chi connectivity index (χ0) is 18.7. The van der Waals surface area contributed by atoms with Crippen LogP contribution in [0.2, 0.25) is 0 Å². The third kappa shape index (κ3) is 2.43. The Bertz CT molecular complexity index is 820. The number of ether oxygens (including phenoxy) is 2. The summed E-state index contributed by atoms with van der Waals surface area (Å²) < 4.78 is 14.2. The van der Waals surface area contributed by atoms with Crippen molar-refractivity contribution in [2.75, 3.05) is 13.7 Å². The van der Waals surface area contributed by atoms with Crippen LogP contribution >= 0.6 is 0 Å². The van der Waals surface area contributed by atoms with E-state index in [1.165, 1.54) is 11.3 Å². The predicted octanol–water partition coefficient (Wildman–Crippen LogP) is 4.03. The Morgan fingerprint density at radius 1 is 1.08 bits per heavy atom. The van der Waals surface area contributed by atoms with Gasteiger partial charge in [0, 0.05) is 36.2 Å². The van der Waals surface area contributed by atoms with E-state index in [0.717, 1.165) is 22.6 Å². The lowest BCUT2D eigenvalue weighted by molar-refractivity contribution is -0.0292. The third-order valence-corrected chi connectivity index (χ3v) is 6.66. The highest BCUT2D eigenvalue weighted by Crippen LogP contribution is 2.60. The van der Waals surface area contributed by atoms with Crippen molar-refractivity contribution in [3.63, 3.8) is 0 Å². The molecule has 1 aliphatic heterocycles. The molecule has 1 saturated heterocycles. The summed E-state index contributed by atoms with van der Waals surface area (Å²) >= 11 is 0. The topological polar surface area (TPSA) is 49.2 Å². The van der Waals surface area contributed by atoms with E-state index in [9.17, 15) is 0 Å². The first kappa shape index (κ1) is 18.3. The lowest BCUT2D eigenvalue weighted by Gasteiger charge is -2.38. The molecule has 0 aromatic carbocycles. The van der Waals surface area contributed by atoms with Gasteiger partial charge in [-0.05, 0) is 20.8 Å². The van der Waals surface area contributed by atoms with Crippen LogP contribution in [0.4, 0.5) is 0 Å². The molecule has 138 valence electrons. The quantitative estimate of drug-likeness (QED) is 0.842. The number of aromatic nitrogens is 3. The Balaban J connectivity index is 2.25. The molecule has 0 aliphatic carbocycles. The van der Waals surface area contributed by atoms with Gasteiger partial charge in [0.2, 0.25) is 0 Å². The Morgan fingerprint density at radius 3 is 2.32 bits per heavy atom. The first-order valence-electron chi connectivity index (χ1n) is 8.98. The Hall–Kier alpha value is -1.46. The average molecular weight is 345 g/mol. The SMILES string of the molecule is COC[C@H]1O[C@@H](c2c(C)n(C)c3c(C)nc(C)nc23)C(C)(C)C1(C)C. The summed E-state index contributed by atoms with van der Waals surface area (Å²) in [6.45, 7) is 15.9. The van der Waals surface area contributed by atoms with Crippen LogP contribution in [0.5, 0.6) is 0 Å². The normalized spacial score (nSPS) is 25.0. The summed E-state index contributed by atoms with van der Waals surface area (Å²) in [4.78, 5) is 9.36. The van der Waals surface area contributed by atoms with Crippen molar-refractivity contribution in [1.82, 2.24) is 14.5 Å². The molecule has 2 aromatic rings. The molecule has 5 nitrogen and oxygen atoms in total. The summed E-state index contributed by atoms with van der Waals surface area (Å²) in [7, 11) is 3.83. The highest BCUT2D eigenvalue weighted by atomic mass is 16.5. The van der Waals surface area contributed by atoms with Crippen LogP contribution in [0.15, 0.2) is 0 Å². The van der Waals surface area contributed by atoms with Gasteiger partial charge in [-0.2, -0.15) is 0 Å². The van der Waals surface area contributed by atoms with Gasteiger partial charge in [0.15, 0.2) is 0 Å². The summed E-state index contributed by atoms with van der Waals surface area (Å²) in [5.74, 6) is 0.806. The Morgan fingerprint density at radius 2 is 1.72 bits per heavy atom. The minimum absolute atomic E-state index is 0.0145. The van der Waals surface area contributed by atoms with Crippen molar-refractivity contribution in [3.05, 3.63) is 22.8 Å². The van der Waals surface area contributed by atoms with Gasteiger partial charge >= 0.3 is 0 Å². The lowest BCUT2D eigenvalue weighted by Crippen LogP contribution is -2.38. The van der Waals surface area contributed by atoms with Crippen LogP contribution in [-0.4, -0.2) is 34.4 Å². The number of nitrogens with zero attached hydrogens (tertiary/aromatic N) is 3. The maximum Gasteiger partial charge on any atom is 0.126 e. The second kappa shape index (κ2) is 5.78. The molecule has 25 heavy (non-hydrogen) atoms. The molecule has 5 heteroatoms. The van der Waals surface area contributed by atoms with Gasteiger partial charge in [0.1, 0.15) is 5.82 Å². The fraction of sp³-hybridized carbons (Fsp3) is 0.700. The number of rotatable bonds is 3. The molecule has 2 aromatic heterocycles. The molecule has 2 atom stereocenters. The molecule has 0 bridgehead atoms. The van der Waals surface area contributed by atoms with Crippen molar-refractivity contribution in [2.45, 2.75) is 60.7 Å².